The fourth-order valence-corrected chi connectivity index (χ4v) is 1.85. The minimum atomic E-state index is -0.294. The summed E-state index contributed by atoms with van der Waals surface area (Å²) in [7, 11) is 0. The van der Waals surface area contributed by atoms with Crippen molar-refractivity contribution in [3.05, 3.63) is 30.1 Å². The van der Waals surface area contributed by atoms with Gasteiger partial charge >= 0.3 is 0 Å². The van der Waals surface area contributed by atoms with Crippen LogP contribution in [-0.4, -0.2) is 19.0 Å². The van der Waals surface area contributed by atoms with E-state index in [-0.39, 0.29) is 17.6 Å². The molecule has 1 atom stereocenters. The van der Waals surface area contributed by atoms with Gasteiger partial charge in [-0.05, 0) is 43.7 Å². The van der Waals surface area contributed by atoms with Gasteiger partial charge in [0.25, 0.3) is 0 Å². The van der Waals surface area contributed by atoms with Crippen LogP contribution in [0, 0.1) is 11.7 Å². The van der Waals surface area contributed by atoms with E-state index in [1.165, 1.54) is 12.1 Å². The average Bonchev–Trinajstić information content (AvgIpc) is 2.33. The van der Waals surface area contributed by atoms with Gasteiger partial charge in [0.05, 0.1) is 5.92 Å². The smallest absolute Gasteiger partial charge is 0.228 e. The van der Waals surface area contributed by atoms with E-state index in [0.717, 1.165) is 25.9 Å². The molecule has 1 aromatic rings. The molecule has 1 aliphatic heterocycles. The predicted octanol–water partition coefficient (Wildman–Crippen LogP) is 1.76. The average molecular weight is 222 g/mol. The first-order valence-corrected chi connectivity index (χ1v) is 5.53. The SMILES string of the molecule is O=C(Nc1ccc(F)cc1)[C@@H]1CCCNC1. The highest BCUT2D eigenvalue weighted by atomic mass is 19.1. The lowest BCUT2D eigenvalue weighted by molar-refractivity contribution is -0.120. The van der Waals surface area contributed by atoms with Gasteiger partial charge in [0.1, 0.15) is 5.82 Å². The molecule has 0 aliphatic carbocycles. The Hall–Kier alpha value is -1.42. The van der Waals surface area contributed by atoms with E-state index in [1.807, 2.05) is 0 Å². The van der Waals surface area contributed by atoms with E-state index < -0.39 is 0 Å². The molecule has 1 aliphatic rings. The van der Waals surface area contributed by atoms with Crippen molar-refractivity contribution in [3.8, 4) is 0 Å². The minimum absolute atomic E-state index is 0.0128. The fourth-order valence-electron chi connectivity index (χ4n) is 1.85. The molecule has 0 saturated carbocycles. The molecule has 3 nitrogen and oxygen atoms in total. The zero-order valence-corrected chi connectivity index (χ0v) is 9.00. The Morgan fingerprint density at radius 1 is 1.38 bits per heavy atom. The summed E-state index contributed by atoms with van der Waals surface area (Å²) >= 11 is 0. The Kier molecular flexibility index (Phi) is 3.51. The number of amides is 1. The molecule has 2 N–H and O–H groups in total. The summed E-state index contributed by atoms with van der Waals surface area (Å²) in [5.41, 5.74) is 0.650. The van der Waals surface area contributed by atoms with E-state index in [1.54, 1.807) is 12.1 Å². The first-order valence-electron chi connectivity index (χ1n) is 5.53. The van der Waals surface area contributed by atoms with Crippen LogP contribution in [0.1, 0.15) is 12.8 Å². The minimum Gasteiger partial charge on any atom is -0.326 e. The summed E-state index contributed by atoms with van der Waals surface area (Å²) in [5, 5.41) is 5.98. The van der Waals surface area contributed by atoms with Gasteiger partial charge in [-0.3, -0.25) is 4.79 Å². The van der Waals surface area contributed by atoms with Crippen molar-refractivity contribution < 1.29 is 9.18 Å². The summed E-state index contributed by atoms with van der Waals surface area (Å²) in [4.78, 5) is 11.8. The highest BCUT2D eigenvalue weighted by molar-refractivity contribution is 5.92. The van der Waals surface area contributed by atoms with Crippen molar-refractivity contribution in [2.75, 3.05) is 18.4 Å². The molecule has 86 valence electrons. The molecular weight excluding hydrogens is 207 g/mol. The quantitative estimate of drug-likeness (QED) is 0.800. The molecule has 2 rings (SSSR count). The molecule has 1 amide bonds. The van der Waals surface area contributed by atoms with Crippen LogP contribution >= 0.6 is 0 Å². The molecule has 1 heterocycles. The highest BCUT2D eigenvalue weighted by Crippen LogP contribution is 2.14. The molecule has 0 spiro atoms. The van der Waals surface area contributed by atoms with Crippen molar-refractivity contribution in [3.63, 3.8) is 0 Å². The maximum absolute atomic E-state index is 12.7. The number of anilines is 1. The van der Waals surface area contributed by atoms with Crippen molar-refractivity contribution in [2.45, 2.75) is 12.8 Å². The molecule has 16 heavy (non-hydrogen) atoms. The third-order valence-electron chi connectivity index (χ3n) is 2.78. The maximum atomic E-state index is 12.7. The zero-order chi connectivity index (χ0) is 11.4. The maximum Gasteiger partial charge on any atom is 0.228 e. The third kappa shape index (κ3) is 2.79. The second-order valence-electron chi connectivity index (χ2n) is 4.04. The van der Waals surface area contributed by atoms with Crippen LogP contribution < -0.4 is 10.6 Å². The van der Waals surface area contributed by atoms with Crippen LogP contribution in [0.25, 0.3) is 0 Å². The third-order valence-corrected chi connectivity index (χ3v) is 2.78. The van der Waals surface area contributed by atoms with Gasteiger partial charge in [0.15, 0.2) is 0 Å². The molecule has 1 aromatic carbocycles. The number of hydrogen-bond acceptors (Lipinski definition) is 2. The predicted molar refractivity (Wildman–Crippen MR) is 60.6 cm³/mol. The topological polar surface area (TPSA) is 41.1 Å². The van der Waals surface area contributed by atoms with Crippen LogP contribution in [0.4, 0.5) is 10.1 Å². The second kappa shape index (κ2) is 5.07. The lowest BCUT2D eigenvalue weighted by Gasteiger charge is -2.21. The molecule has 0 unspecified atom stereocenters. The standard InChI is InChI=1S/C12H15FN2O/c13-10-3-5-11(6-4-10)15-12(16)9-2-1-7-14-8-9/h3-6,9,14H,1-2,7-8H2,(H,15,16)/t9-/m1/s1. The lowest BCUT2D eigenvalue weighted by Crippen LogP contribution is -2.37. The van der Waals surface area contributed by atoms with Crippen molar-refractivity contribution in [1.29, 1.82) is 0 Å². The van der Waals surface area contributed by atoms with E-state index in [2.05, 4.69) is 10.6 Å². The Morgan fingerprint density at radius 3 is 2.75 bits per heavy atom. The van der Waals surface area contributed by atoms with E-state index in [4.69, 9.17) is 0 Å². The Morgan fingerprint density at radius 2 is 2.12 bits per heavy atom. The zero-order valence-electron chi connectivity index (χ0n) is 9.00. The summed E-state index contributed by atoms with van der Waals surface area (Å²) < 4.78 is 12.7. The van der Waals surface area contributed by atoms with Gasteiger partial charge in [0, 0.05) is 12.2 Å². The number of nitrogens with one attached hydrogen (secondary N) is 2. The summed E-state index contributed by atoms with van der Waals surface area (Å²) in [6.45, 7) is 1.72. The van der Waals surface area contributed by atoms with Gasteiger partial charge < -0.3 is 10.6 Å². The molecule has 4 heteroatoms. The number of carbonyl (C=O) groups excluding carboxylic acids is 1. The Bertz CT molecular complexity index is 358. The monoisotopic (exact) mass is 222 g/mol. The summed E-state index contributed by atoms with van der Waals surface area (Å²) in [5.74, 6) is -0.255. The van der Waals surface area contributed by atoms with Gasteiger partial charge in [-0.25, -0.2) is 4.39 Å². The van der Waals surface area contributed by atoms with E-state index in [9.17, 15) is 9.18 Å². The molecule has 0 aromatic heterocycles. The van der Waals surface area contributed by atoms with Gasteiger partial charge in [0.2, 0.25) is 5.91 Å². The van der Waals surface area contributed by atoms with Gasteiger partial charge in [-0.1, -0.05) is 0 Å². The fraction of sp³-hybridized carbons (Fsp3) is 0.417. The van der Waals surface area contributed by atoms with Crippen LogP contribution in [0.3, 0.4) is 0 Å². The number of carbonyl (C=O) groups is 1. The second-order valence-corrected chi connectivity index (χ2v) is 4.04. The highest BCUT2D eigenvalue weighted by Gasteiger charge is 2.20. The number of hydrogen-bond donors (Lipinski definition) is 2. The van der Waals surface area contributed by atoms with Gasteiger partial charge in [-0.2, -0.15) is 0 Å². The Balaban J connectivity index is 1.93. The summed E-state index contributed by atoms with van der Waals surface area (Å²) in [6.07, 6.45) is 1.95. The number of piperidine rings is 1. The van der Waals surface area contributed by atoms with Gasteiger partial charge in [-0.15, -0.1) is 0 Å². The number of halogens is 1. The van der Waals surface area contributed by atoms with Crippen LogP contribution in [0.15, 0.2) is 24.3 Å². The summed E-state index contributed by atoms with van der Waals surface area (Å²) in [6, 6.07) is 5.83. The molecule has 0 radical (unpaired) electrons. The van der Waals surface area contributed by atoms with Crippen molar-refractivity contribution in [1.82, 2.24) is 5.32 Å². The number of benzene rings is 1. The normalized spacial score (nSPS) is 20.4. The van der Waals surface area contributed by atoms with E-state index >= 15 is 0 Å². The van der Waals surface area contributed by atoms with Crippen LogP contribution in [-0.2, 0) is 4.79 Å². The van der Waals surface area contributed by atoms with E-state index in [0.29, 0.717) is 5.69 Å². The van der Waals surface area contributed by atoms with Crippen molar-refractivity contribution in [2.24, 2.45) is 5.92 Å². The molecule has 1 saturated heterocycles. The largest absolute Gasteiger partial charge is 0.326 e. The van der Waals surface area contributed by atoms with Crippen LogP contribution in [0.5, 0.6) is 0 Å². The first kappa shape index (κ1) is 11.1. The number of rotatable bonds is 2. The molecule has 1 fully saturated rings. The first-order chi connectivity index (χ1) is 7.75. The molecular formula is C12H15FN2O. The van der Waals surface area contributed by atoms with Crippen molar-refractivity contribution >= 4 is 11.6 Å². The Labute approximate surface area is 94.0 Å². The lowest BCUT2D eigenvalue weighted by atomic mass is 9.99. The molecule has 0 bridgehead atoms. The van der Waals surface area contributed by atoms with Crippen LogP contribution in [0.2, 0.25) is 0 Å².